The van der Waals surface area contributed by atoms with Crippen LogP contribution < -0.4 is 16.4 Å². The van der Waals surface area contributed by atoms with E-state index in [1.165, 1.54) is 22.5 Å². The minimum Gasteiger partial charge on any atom is -0.397 e. The lowest BCUT2D eigenvalue weighted by atomic mass is 10.1. The Morgan fingerprint density at radius 3 is 2.68 bits per heavy atom. The Hall–Kier alpha value is -1.86. The fraction of sp³-hybridized carbons (Fsp3) is 0.467. The normalized spacial score (nSPS) is 17.9. The van der Waals surface area contributed by atoms with Gasteiger partial charge in [0.2, 0.25) is 0 Å². The van der Waals surface area contributed by atoms with Gasteiger partial charge in [-0.15, -0.1) is 11.3 Å². The van der Waals surface area contributed by atoms with Crippen molar-refractivity contribution in [1.29, 1.82) is 0 Å². The van der Waals surface area contributed by atoms with Crippen molar-refractivity contribution in [3.63, 3.8) is 0 Å². The molecule has 1 fully saturated rings. The van der Waals surface area contributed by atoms with E-state index in [2.05, 4.69) is 4.90 Å². The molecule has 2 aliphatic rings. The van der Waals surface area contributed by atoms with Gasteiger partial charge in [0.1, 0.15) is 15.5 Å². The smallest absolute Gasteiger partial charge is 0.260 e. The Kier molecular flexibility index (Phi) is 3.19. The second-order valence-corrected chi connectivity index (χ2v) is 6.73. The van der Waals surface area contributed by atoms with E-state index in [1.807, 2.05) is 0 Å². The summed E-state index contributed by atoms with van der Waals surface area (Å²) in [4.78, 5) is 20.0. The Balaban J connectivity index is 1.94. The molecule has 0 unspecified atom stereocenters. The molecule has 2 aromatic heterocycles. The number of nitrogens with zero attached hydrogens (tertiary/aromatic N) is 2. The molecule has 4 rings (SSSR count). The molecular formula is C15H18N4O2S. The highest BCUT2D eigenvalue weighted by Gasteiger charge is 2.27. The summed E-state index contributed by atoms with van der Waals surface area (Å²) in [5.41, 5.74) is 14.7. The van der Waals surface area contributed by atoms with Crippen LogP contribution in [0.4, 0.5) is 11.5 Å². The number of fused-ring (bicyclic) bond motifs is 3. The first-order valence-corrected chi connectivity index (χ1v) is 8.34. The number of nitrogen functional groups attached to an aromatic ring is 1. The van der Waals surface area contributed by atoms with Crippen LogP contribution in [0.25, 0.3) is 10.2 Å². The van der Waals surface area contributed by atoms with Crippen molar-refractivity contribution in [2.24, 2.45) is 5.73 Å². The molecule has 1 aliphatic heterocycles. The van der Waals surface area contributed by atoms with Crippen LogP contribution in [0.2, 0.25) is 0 Å². The number of hydrogen-bond donors (Lipinski definition) is 2. The van der Waals surface area contributed by atoms with E-state index in [9.17, 15) is 4.79 Å². The van der Waals surface area contributed by atoms with Crippen molar-refractivity contribution in [1.82, 2.24) is 4.98 Å². The number of pyridine rings is 1. The number of aryl methyl sites for hydroxylation is 1. The largest absolute Gasteiger partial charge is 0.397 e. The molecule has 3 heterocycles. The number of thiophene rings is 1. The molecule has 1 saturated heterocycles. The number of amides is 1. The Morgan fingerprint density at radius 2 is 1.95 bits per heavy atom. The number of aromatic nitrogens is 1. The maximum absolute atomic E-state index is 11.6. The van der Waals surface area contributed by atoms with E-state index in [1.54, 1.807) is 0 Å². The quantitative estimate of drug-likeness (QED) is 0.870. The van der Waals surface area contributed by atoms with Crippen molar-refractivity contribution in [2.75, 3.05) is 36.9 Å². The molecule has 0 bridgehead atoms. The first-order valence-electron chi connectivity index (χ1n) is 7.53. The van der Waals surface area contributed by atoms with Gasteiger partial charge in [0.15, 0.2) is 0 Å². The maximum atomic E-state index is 11.6. The van der Waals surface area contributed by atoms with Crippen LogP contribution in [-0.2, 0) is 17.6 Å². The monoisotopic (exact) mass is 318 g/mol. The van der Waals surface area contributed by atoms with Gasteiger partial charge in [-0.3, -0.25) is 4.79 Å². The van der Waals surface area contributed by atoms with E-state index in [-0.39, 0.29) is 0 Å². The van der Waals surface area contributed by atoms with Gasteiger partial charge >= 0.3 is 0 Å². The third-order valence-corrected chi connectivity index (χ3v) is 5.57. The molecule has 0 aromatic carbocycles. The zero-order chi connectivity index (χ0) is 15.3. The summed E-state index contributed by atoms with van der Waals surface area (Å²) in [5, 5.41) is 0.948. The highest BCUT2D eigenvalue weighted by Crippen LogP contribution is 2.42. The first-order chi connectivity index (χ1) is 10.7. The molecule has 7 heteroatoms. The number of anilines is 2. The molecule has 0 atom stereocenters. The fourth-order valence-corrected chi connectivity index (χ4v) is 4.42. The molecule has 4 N–H and O–H groups in total. The van der Waals surface area contributed by atoms with Gasteiger partial charge in [-0.1, -0.05) is 0 Å². The van der Waals surface area contributed by atoms with E-state index < -0.39 is 5.91 Å². The minimum absolute atomic E-state index is 0.427. The summed E-state index contributed by atoms with van der Waals surface area (Å²) in [6, 6.07) is 0. The van der Waals surface area contributed by atoms with Crippen LogP contribution in [0.5, 0.6) is 0 Å². The fourth-order valence-electron chi connectivity index (χ4n) is 3.45. The van der Waals surface area contributed by atoms with E-state index in [0.717, 1.165) is 61.6 Å². The van der Waals surface area contributed by atoms with Crippen molar-refractivity contribution in [2.45, 2.75) is 19.3 Å². The molecule has 2 aromatic rings. The molecule has 0 radical (unpaired) electrons. The molecule has 1 amide bonds. The number of morpholine rings is 1. The topological polar surface area (TPSA) is 94.5 Å². The molecule has 0 saturated carbocycles. The number of rotatable bonds is 2. The third-order valence-electron chi connectivity index (χ3n) is 4.46. The van der Waals surface area contributed by atoms with Gasteiger partial charge in [0, 0.05) is 18.5 Å². The van der Waals surface area contributed by atoms with Gasteiger partial charge in [0.05, 0.1) is 18.9 Å². The summed E-state index contributed by atoms with van der Waals surface area (Å²) < 4.78 is 5.43. The summed E-state index contributed by atoms with van der Waals surface area (Å²) >= 11 is 1.31. The van der Waals surface area contributed by atoms with Crippen LogP contribution in [0.1, 0.15) is 27.2 Å². The Labute approximate surface area is 132 Å². The molecule has 22 heavy (non-hydrogen) atoms. The van der Waals surface area contributed by atoms with Gasteiger partial charge in [0.25, 0.3) is 5.91 Å². The van der Waals surface area contributed by atoms with Gasteiger partial charge in [-0.2, -0.15) is 0 Å². The second kappa shape index (κ2) is 5.10. The lowest BCUT2D eigenvalue weighted by molar-refractivity contribution is 0.100. The van der Waals surface area contributed by atoms with Crippen LogP contribution in [0, 0.1) is 0 Å². The van der Waals surface area contributed by atoms with Crippen molar-refractivity contribution < 1.29 is 9.53 Å². The van der Waals surface area contributed by atoms with Crippen LogP contribution in [-0.4, -0.2) is 37.2 Å². The average molecular weight is 318 g/mol. The predicted octanol–water partition coefficient (Wildman–Crippen LogP) is 1.30. The van der Waals surface area contributed by atoms with Crippen LogP contribution in [0.3, 0.4) is 0 Å². The van der Waals surface area contributed by atoms with E-state index in [4.69, 9.17) is 21.2 Å². The predicted molar refractivity (Wildman–Crippen MR) is 87.6 cm³/mol. The number of carbonyl (C=O) groups excluding carboxylic acids is 1. The molecule has 6 nitrogen and oxygen atoms in total. The van der Waals surface area contributed by atoms with Crippen LogP contribution in [0.15, 0.2) is 0 Å². The van der Waals surface area contributed by atoms with Crippen LogP contribution >= 0.6 is 11.3 Å². The summed E-state index contributed by atoms with van der Waals surface area (Å²) in [7, 11) is 0. The number of ether oxygens (including phenoxy) is 1. The second-order valence-electron chi connectivity index (χ2n) is 5.73. The SMILES string of the molecule is NC(=O)c1sc2nc(N3CCOCC3)c3c(c2c1N)CCC3. The van der Waals surface area contributed by atoms with Gasteiger partial charge in [-0.25, -0.2) is 4.98 Å². The van der Waals surface area contributed by atoms with E-state index in [0.29, 0.717) is 10.6 Å². The number of primary amides is 1. The van der Waals surface area contributed by atoms with E-state index >= 15 is 0 Å². The maximum Gasteiger partial charge on any atom is 0.260 e. The van der Waals surface area contributed by atoms with Gasteiger partial charge in [-0.05, 0) is 30.4 Å². The number of nitrogens with two attached hydrogens (primary N) is 2. The lowest BCUT2D eigenvalue weighted by Crippen LogP contribution is -2.37. The lowest BCUT2D eigenvalue weighted by Gasteiger charge is -2.29. The first kappa shape index (κ1) is 13.8. The van der Waals surface area contributed by atoms with Crippen molar-refractivity contribution >= 4 is 39.0 Å². The third kappa shape index (κ3) is 1.96. The standard InChI is InChI=1S/C15H18N4O2S/c16-11-10-8-2-1-3-9(8)14(19-4-6-21-7-5-19)18-15(10)22-12(11)13(17)20/h1-7,16H2,(H2,17,20). The highest BCUT2D eigenvalue weighted by molar-refractivity contribution is 7.21. The zero-order valence-electron chi connectivity index (χ0n) is 12.2. The Morgan fingerprint density at radius 1 is 1.23 bits per heavy atom. The summed E-state index contributed by atoms with van der Waals surface area (Å²) in [5.74, 6) is 0.570. The number of hydrogen-bond acceptors (Lipinski definition) is 6. The molecular weight excluding hydrogens is 300 g/mol. The minimum atomic E-state index is -0.472. The van der Waals surface area contributed by atoms with Crippen molar-refractivity contribution in [3.8, 4) is 0 Å². The number of carbonyl (C=O) groups is 1. The summed E-state index contributed by atoms with van der Waals surface area (Å²) in [6.45, 7) is 3.17. The molecule has 0 spiro atoms. The Bertz CT molecular complexity index is 765. The molecule has 116 valence electrons. The zero-order valence-corrected chi connectivity index (χ0v) is 13.0. The average Bonchev–Trinajstić information content (AvgIpc) is 3.11. The van der Waals surface area contributed by atoms with Gasteiger partial charge < -0.3 is 21.1 Å². The highest BCUT2D eigenvalue weighted by atomic mass is 32.1. The molecule has 1 aliphatic carbocycles. The summed E-state index contributed by atoms with van der Waals surface area (Å²) in [6.07, 6.45) is 3.12. The van der Waals surface area contributed by atoms with Crippen molar-refractivity contribution in [3.05, 3.63) is 16.0 Å².